The van der Waals surface area contributed by atoms with Gasteiger partial charge in [0, 0.05) is 63.5 Å². The fraction of sp³-hybridized carbons (Fsp3) is 0.116. The van der Waals surface area contributed by atoms with E-state index in [9.17, 15) is 9.59 Å². The third-order valence-corrected chi connectivity index (χ3v) is 11.1. The minimum atomic E-state index is -0.207. The van der Waals surface area contributed by atoms with Crippen molar-refractivity contribution < 1.29 is 0 Å². The average molecular weight is 740 g/mol. The molecule has 0 unspecified atom stereocenters. The van der Waals surface area contributed by atoms with E-state index in [0.29, 0.717) is 58.9 Å². The summed E-state index contributed by atoms with van der Waals surface area (Å²) in [6.45, 7) is 10.0. The zero-order valence-corrected chi connectivity index (χ0v) is 31.1. The lowest BCUT2D eigenvalue weighted by atomic mass is 9.84. The fourth-order valence-electron chi connectivity index (χ4n) is 8.12. The van der Waals surface area contributed by atoms with Crippen LogP contribution >= 0.6 is 34.8 Å². The Morgan fingerprint density at radius 3 is 1.37 bits per heavy atom. The van der Waals surface area contributed by atoms with E-state index in [0.717, 1.165) is 59.7 Å². The topological polar surface area (TPSA) is 68.7 Å². The van der Waals surface area contributed by atoms with Crippen molar-refractivity contribution >= 4 is 133 Å². The number of hydrogen-bond donors (Lipinski definition) is 0. The first-order chi connectivity index (χ1) is 25.2. The molecule has 9 heteroatoms. The Kier molecular flexibility index (Phi) is 7.29. The van der Waals surface area contributed by atoms with Gasteiger partial charge in [-0.2, -0.15) is 0 Å². The van der Waals surface area contributed by atoms with Crippen LogP contribution in [0.25, 0.3) is 98.0 Å². The highest BCUT2D eigenvalue weighted by Crippen LogP contribution is 2.52. The summed E-state index contributed by atoms with van der Waals surface area (Å²) in [4.78, 5) is 38.3. The van der Waals surface area contributed by atoms with Crippen molar-refractivity contribution in [1.82, 2.24) is 18.8 Å². The van der Waals surface area contributed by atoms with Crippen molar-refractivity contribution in [3.8, 4) is 0 Å². The summed E-state index contributed by atoms with van der Waals surface area (Å²) in [6, 6.07) is 22.6. The molecular weight excluding hydrogens is 711 g/mol. The van der Waals surface area contributed by atoms with E-state index in [2.05, 4.69) is 6.07 Å². The summed E-state index contributed by atoms with van der Waals surface area (Å²) in [5.41, 5.74) is 4.54. The number of hydrogen-bond acceptors (Lipinski definition) is 4. The zero-order chi connectivity index (χ0) is 36.3. The van der Waals surface area contributed by atoms with Crippen LogP contribution in [-0.4, -0.2) is 18.8 Å². The van der Waals surface area contributed by atoms with Crippen LogP contribution in [0.5, 0.6) is 0 Å². The maximum absolute atomic E-state index is 14.2. The molecule has 0 aliphatic carbocycles. The maximum Gasteiger partial charge on any atom is 0.264 e. The summed E-state index contributed by atoms with van der Waals surface area (Å²) < 4.78 is 3.31. The average Bonchev–Trinajstić information content (AvgIpc) is 3.75. The van der Waals surface area contributed by atoms with Gasteiger partial charge in [-0.1, -0.05) is 85.1 Å². The smallest absolute Gasteiger partial charge is 0.264 e. The molecule has 6 nitrogen and oxygen atoms in total. The molecule has 0 saturated heterocycles. The number of allylic oxidation sites excluding steroid dienone is 2. The SMILES string of the molecule is C/C=C\C.CC.Cc1cc2c3c(cc(Cl)c4c5c(Cl)cc6c7c(cc(Cl)c(c1c43)c57)c(=O)n1c3ccccc3nc61)c(=O)n1c3ccccc3nc21. The largest absolute Gasteiger partial charge is 0.268 e. The normalized spacial score (nSPS) is 12.3. The molecule has 0 fully saturated rings. The second kappa shape index (κ2) is 11.6. The van der Waals surface area contributed by atoms with Gasteiger partial charge in [0.1, 0.15) is 11.3 Å². The van der Waals surface area contributed by atoms with Crippen LogP contribution in [0, 0.1) is 6.92 Å². The molecule has 0 radical (unpaired) electrons. The predicted molar refractivity (Wildman–Crippen MR) is 222 cm³/mol. The number of aryl methyl sites for hydroxylation is 1. The number of para-hydroxylation sites is 4. The van der Waals surface area contributed by atoms with E-state index in [1.807, 2.05) is 101 Å². The van der Waals surface area contributed by atoms with Gasteiger partial charge >= 0.3 is 0 Å². The van der Waals surface area contributed by atoms with Gasteiger partial charge in [0.15, 0.2) is 0 Å². The van der Waals surface area contributed by atoms with Crippen LogP contribution in [0.15, 0.2) is 94.5 Å². The number of aromatic nitrogens is 4. The summed E-state index contributed by atoms with van der Waals surface area (Å²) in [5, 5.41) is 9.87. The van der Waals surface area contributed by atoms with Crippen molar-refractivity contribution in [2.24, 2.45) is 0 Å². The van der Waals surface area contributed by atoms with Gasteiger partial charge in [0.05, 0.1) is 32.8 Å². The van der Waals surface area contributed by atoms with Gasteiger partial charge in [-0.05, 0) is 80.3 Å². The van der Waals surface area contributed by atoms with Crippen LogP contribution in [0.2, 0.25) is 15.1 Å². The van der Waals surface area contributed by atoms with Gasteiger partial charge < -0.3 is 0 Å². The molecule has 52 heavy (non-hydrogen) atoms. The summed E-state index contributed by atoms with van der Waals surface area (Å²) >= 11 is 21.7. The lowest BCUT2D eigenvalue weighted by molar-refractivity contribution is 1.19. The lowest BCUT2D eigenvalue weighted by Gasteiger charge is -2.22. The predicted octanol–water partition coefficient (Wildman–Crippen LogP) is 12.1. The third kappa shape index (κ3) is 4.03. The number of halogens is 3. The molecule has 0 aliphatic heterocycles. The summed E-state index contributed by atoms with van der Waals surface area (Å²) in [7, 11) is 0. The van der Waals surface area contributed by atoms with E-state index in [1.54, 1.807) is 20.9 Å². The minimum absolute atomic E-state index is 0.197. The van der Waals surface area contributed by atoms with Crippen LogP contribution in [0.3, 0.4) is 0 Å². The lowest BCUT2D eigenvalue weighted by Crippen LogP contribution is -2.14. The first kappa shape index (κ1) is 32.6. The first-order valence-electron chi connectivity index (χ1n) is 17.2. The number of pyridine rings is 2. The van der Waals surface area contributed by atoms with Crippen molar-refractivity contribution in [2.45, 2.75) is 34.6 Å². The Balaban J connectivity index is 0.000000565. The van der Waals surface area contributed by atoms with E-state index in [1.165, 1.54) is 0 Å². The minimum Gasteiger partial charge on any atom is -0.268 e. The third-order valence-electron chi connectivity index (χ3n) is 10.2. The van der Waals surface area contributed by atoms with Gasteiger partial charge in [-0.25, -0.2) is 9.97 Å². The Hall–Kier alpha value is -5.27. The van der Waals surface area contributed by atoms with E-state index >= 15 is 0 Å². The van der Waals surface area contributed by atoms with Crippen molar-refractivity contribution in [3.05, 3.63) is 126 Å². The standard InChI is InChI=1S/C37H15Cl3N4O2.C4H8.C2H6/c1-14-10-15-27-17(36(45)43-24-8-4-2-6-22(24)41-34(15)43)13-21(40)30-31-19(38)11-16-28-18(12-20(39)29(33(28)31)26(14)32(27)30)37(46)44-25-9-5-3-7-23(25)42-35(16)44;1-3-4-2;1-2/h2-13H,1H3;3-4H,1-2H3;1-2H3/b;4-3-;. The second-order valence-corrected chi connectivity index (χ2v) is 14.0. The highest BCUT2D eigenvalue weighted by Gasteiger charge is 2.28. The van der Waals surface area contributed by atoms with E-state index in [-0.39, 0.29) is 11.1 Å². The Labute approximate surface area is 311 Å². The Bertz CT molecular complexity index is 3190. The Morgan fingerprint density at radius 2 is 0.904 bits per heavy atom. The van der Waals surface area contributed by atoms with Crippen molar-refractivity contribution in [3.63, 3.8) is 0 Å². The number of nitrogens with zero attached hydrogens (tertiary/aromatic N) is 4. The summed E-state index contributed by atoms with van der Waals surface area (Å²) in [6.07, 6.45) is 4.00. The second-order valence-electron chi connectivity index (χ2n) is 12.8. The highest BCUT2D eigenvalue weighted by molar-refractivity contribution is 6.54. The molecule has 4 heterocycles. The van der Waals surface area contributed by atoms with Crippen LogP contribution in [0.4, 0.5) is 0 Å². The zero-order valence-electron chi connectivity index (χ0n) is 28.8. The molecule has 0 amide bonds. The monoisotopic (exact) mass is 738 g/mol. The Morgan fingerprint density at radius 1 is 0.519 bits per heavy atom. The van der Waals surface area contributed by atoms with Crippen LogP contribution in [0.1, 0.15) is 33.3 Å². The molecule has 0 spiro atoms. The molecule has 0 bridgehead atoms. The van der Waals surface area contributed by atoms with Crippen molar-refractivity contribution in [2.75, 3.05) is 0 Å². The first-order valence-corrected chi connectivity index (χ1v) is 18.3. The van der Waals surface area contributed by atoms with Crippen LogP contribution < -0.4 is 11.1 Å². The van der Waals surface area contributed by atoms with Gasteiger partial charge in [0.25, 0.3) is 11.1 Å². The molecule has 0 aliphatic rings. The highest BCUT2D eigenvalue weighted by atomic mass is 35.5. The molecule has 0 N–H and O–H groups in total. The number of benzene rings is 7. The maximum atomic E-state index is 14.2. The quantitative estimate of drug-likeness (QED) is 0.0882. The van der Waals surface area contributed by atoms with Gasteiger partial charge in [-0.15, -0.1) is 0 Å². The molecule has 7 aromatic carbocycles. The molecule has 254 valence electrons. The summed E-state index contributed by atoms with van der Waals surface area (Å²) in [5.74, 6) is 0. The molecule has 0 saturated carbocycles. The molecule has 11 aromatic rings. The molecular formula is C43H29Cl3N4O2. The van der Waals surface area contributed by atoms with Crippen LogP contribution in [-0.2, 0) is 0 Å². The number of imidazole rings is 2. The fourth-order valence-corrected chi connectivity index (χ4v) is 9.01. The molecule has 0 atom stereocenters. The van der Waals surface area contributed by atoms with Gasteiger partial charge in [-0.3, -0.25) is 18.4 Å². The molecule has 4 aromatic heterocycles. The molecule has 11 rings (SSSR count). The van der Waals surface area contributed by atoms with E-state index < -0.39 is 0 Å². The number of fused-ring (bicyclic) bond motifs is 10. The van der Waals surface area contributed by atoms with Gasteiger partial charge in [0.2, 0.25) is 0 Å². The van der Waals surface area contributed by atoms with E-state index in [4.69, 9.17) is 44.8 Å². The number of rotatable bonds is 0. The van der Waals surface area contributed by atoms with Crippen molar-refractivity contribution in [1.29, 1.82) is 0 Å².